The molecule has 2 atom stereocenters. The van der Waals surface area contributed by atoms with E-state index >= 15 is 0 Å². The molecule has 2 heterocycles. The van der Waals surface area contributed by atoms with Gasteiger partial charge in [-0.05, 0) is 87.9 Å². The van der Waals surface area contributed by atoms with E-state index < -0.39 is 23.5 Å². The Morgan fingerprint density at radius 1 is 1.03 bits per heavy atom. The number of ether oxygens (including phenoxy) is 1. The van der Waals surface area contributed by atoms with Gasteiger partial charge in [0, 0.05) is 24.7 Å². The van der Waals surface area contributed by atoms with Crippen LogP contribution >= 0.6 is 0 Å². The van der Waals surface area contributed by atoms with Crippen molar-refractivity contribution in [2.24, 2.45) is 5.92 Å². The zero-order valence-electron chi connectivity index (χ0n) is 21.1. The second kappa shape index (κ2) is 11.5. The van der Waals surface area contributed by atoms with E-state index in [1.807, 2.05) is 0 Å². The number of hydrogen-bond acceptors (Lipinski definition) is 5. The number of hydrogen-bond donors (Lipinski definition) is 2. The predicted octanol–water partition coefficient (Wildman–Crippen LogP) is 4.92. The summed E-state index contributed by atoms with van der Waals surface area (Å²) in [6, 6.07) is 8.71. The minimum Gasteiger partial charge on any atom is -0.490 e. The standard InChI is InChI=1S/C28H37F3N2O3/c1-28(2,31)18-32-12-9-19(10-13-32)17-36-26-8-6-20(14-25(26)30)23-7-5-21(15-24(23)29)27(35)33-11-3-4-22(33)16-34/h5-8,14-15,19,22,27,34-35H,3-4,9-13,16-18H2,1-2H3/t22-,27?/m0/s1. The average Bonchev–Trinajstić information content (AvgIpc) is 3.32. The Morgan fingerprint density at radius 2 is 1.78 bits per heavy atom. The van der Waals surface area contributed by atoms with Gasteiger partial charge in [0.15, 0.2) is 11.6 Å². The highest BCUT2D eigenvalue weighted by molar-refractivity contribution is 5.65. The first kappa shape index (κ1) is 26.9. The van der Waals surface area contributed by atoms with Crippen molar-refractivity contribution < 1.29 is 28.1 Å². The Balaban J connectivity index is 1.35. The van der Waals surface area contributed by atoms with Crippen LogP contribution in [0.2, 0.25) is 0 Å². The largest absolute Gasteiger partial charge is 0.490 e. The van der Waals surface area contributed by atoms with Crippen molar-refractivity contribution >= 4 is 0 Å². The van der Waals surface area contributed by atoms with Crippen LogP contribution in [0.25, 0.3) is 11.1 Å². The van der Waals surface area contributed by atoms with Crippen molar-refractivity contribution in [1.82, 2.24) is 9.80 Å². The molecule has 0 bridgehead atoms. The van der Waals surface area contributed by atoms with Gasteiger partial charge in [-0.1, -0.05) is 18.2 Å². The van der Waals surface area contributed by atoms with E-state index in [1.165, 1.54) is 18.2 Å². The lowest BCUT2D eigenvalue weighted by Crippen LogP contribution is -2.41. The Bertz CT molecular complexity index is 1020. The first-order valence-electron chi connectivity index (χ1n) is 12.8. The van der Waals surface area contributed by atoms with Crippen LogP contribution in [0.3, 0.4) is 0 Å². The van der Waals surface area contributed by atoms with Crippen molar-refractivity contribution in [2.45, 2.75) is 57.5 Å². The Morgan fingerprint density at radius 3 is 2.42 bits per heavy atom. The third kappa shape index (κ3) is 6.59. The average molecular weight is 507 g/mol. The predicted molar refractivity (Wildman–Crippen MR) is 133 cm³/mol. The van der Waals surface area contributed by atoms with Crippen LogP contribution in [-0.4, -0.2) is 71.1 Å². The summed E-state index contributed by atoms with van der Waals surface area (Å²) in [6.07, 6.45) is 2.40. The van der Waals surface area contributed by atoms with Gasteiger partial charge in [0.05, 0.1) is 13.2 Å². The fraction of sp³-hybridized carbons (Fsp3) is 0.571. The highest BCUT2D eigenvalue weighted by atomic mass is 19.1. The van der Waals surface area contributed by atoms with Crippen LogP contribution in [-0.2, 0) is 0 Å². The molecule has 2 saturated heterocycles. The second-order valence-electron chi connectivity index (χ2n) is 10.7. The highest BCUT2D eigenvalue weighted by Gasteiger charge is 2.30. The zero-order valence-corrected chi connectivity index (χ0v) is 21.1. The molecule has 0 amide bonds. The fourth-order valence-corrected chi connectivity index (χ4v) is 5.33. The van der Waals surface area contributed by atoms with E-state index in [0.717, 1.165) is 38.8 Å². The summed E-state index contributed by atoms with van der Waals surface area (Å²) in [5.41, 5.74) is -0.196. The lowest BCUT2D eigenvalue weighted by Gasteiger charge is -2.34. The molecule has 2 aliphatic heterocycles. The first-order chi connectivity index (χ1) is 17.1. The zero-order chi connectivity index (χ0) is 25.9. The molecule has 2 N–H and O–H groups in total. The summed E-state index contributed by atoms with van der Waals surface area (Å²) in [5.74, 6) is -0.707. The third-order valence-electron chi connectivity index (χ3n) is 7.26. The molecule has 2 aliphatic rings. The molecule has 2 fully saturated rings. The fourth-order valence-electron chi connectivity index (χ4n) is 5.33. The topological polar surface area (TPSA) is 56.2 Å². The molecule has 2 aromatic rings. The van der Waals surface area contributed by atoms with Gasteiger partial charge in [-0.15, -0.1) is 0 Å². The van der Waals surface area contributed by atoms with Gasteiger partial charge in [-0.3, -0.25) is 4.90 Å². The molecule has 8 heteroatoms. The number of alkyl halides is 1. The molecule has 1 unspecified atom stereocenters. The second-order valence-corrected chi connectivity index (χ2v) is 10.7. The van der Waals surface area contributed by atoms with E-state index in [1.54, 1.807) is 36.9 Å². The molecule has 0 saturated carbocycles. The van der Waals surface area contributed by atoms with E-state index in [0.29, 0.717) is 30.8 Å². The number of rotatable bonds is 9. The van der Waals surface area contributed by atoms with Gasteiger partial charge in [0.1, 0.15) is 17.7 Å². The minimum atomic E-state index is -1.22. The quantitative estimate of drug-likeness (QED) is 0.506. The number of piperidine rings is 1. The van der Waals surface area contributed by atoms with Gasteiger partial charge in [0.2, 0.25) is 0 Å². The molecule has 4 rings (SSSR count). The minimum absolute atomic E-state index is 0.0536. The first-order valence-corrected chi connectivity index (χ1v) is 12.8. The molecule has 5 nitrogen and oxygen atoms in total. The normalized spacial score (nSPS) is 21.1. The number of aliphatic hydroxyl groups is 2. The summed E-state index contributed by atoms with van der Waals surface area (Å²) >= 11 is 0. The maximum absolute atomic E-state index is 15.0. The third-order valence-corrected chi connectivity index (χ3v) is 7.26. The Labute approximate surface area is 211 Å². The van der Waals surface area contributed by atoms with Crippen molar-refractivity contribution in [2.75, 3.05) is 39.4 Å². The van der Waals surface area contributed by atoms with Gasteiger partial charge >= 0.3 is 0 Å². The Kier molecular flexibility index (Phi) is 8.60. The number of benzene rings is 2. The molecule has 0 radical (unpaired) electrons. The molecule has 0 aromatic heterocycles. The van der Waals surface area contributed by atoms with E-state index in [2.05, 4.69) is 4.90 Å². The maximum Gasteiger partial charge on any atom is 0.165 e. The van der Waals surface area contributed by atoms with Gasteiger partial charge < -0.3 is 19.8 Å². The number of halogens is 3. The van der Waals surface area contributed by atoms with Crippen molar-refractivity contribution in [3.8, 4) is 16.9 Å². The van der Waals surface area contributed by atoms with Crippen LogP contribution in [0.15, 0.2) is 36.4 Å². The summed E-state index contributed by atoms with van der Waals surface area (Å²) < 4.78 is 49.4. The monoisotopic (exact) mass is 506 g/mol. The van der Waals surface area contributed by atoms with E-state index in [9.17, 15) is 23.4 Å². The van der Waals surface area contributed by atoms with Crippen LogP contribution in [0, 0.1) is 17.6 Å². The van der Waals surface area contributed by atoms with Crippen molar-refractivity contribution in [3.05, 3.63) is 53.6 Å². The smallest absolute Gasteiger partial charge is 0.165 e. The summed E-state index contributed by atoms with van der Waals surface area (Å²) in [5, 5.41) is 20.2. The molecule has 0 aliphatic carbocycles. The molecule has 36 heavy (non-hydrogen) atoms. The highest BCUT2D eigenvalue weighted by Crippen LogP contribution is 2.32. The summed E-state index contributed by atoms with van der Waals surface area (Å²) in [6.45, 7) is 6.14. The Hall–Kier alpha value is -2.13. The summed E-state index contributed by atoms with van der Waals surface area (Å²) in [7, 11) is 0. The lowest BCUT2D eigenvalue weighted by molar-refractivity contribution is -0.0205. The van der Waals surface area contributed by atoms with Crippen LogP contribution in [0.1, 0.15) is 51.3 Å². The molecular formula is C28H37F3N2O3. The van der Waals surface area contributed by atoms with Gasteiger partial charge in [-0.2, -0.15) is 0 Å². The molecule has 0 spiro atoms. The van der Waals surface area contributed by atoms with Gasteiger partial charge in [-0.25, -0.2) is 13.2 Å². The molecule has 198 valence electrons. The maximum atomic E-state index is 15.0. The van der Waals surface area contributed by atoms with E-state index in [-0.39, 0.29) is 29.9 Å². The lowest BCUT2D eigenvalue weighted by atomic mass is 9.96. The number of nitrogens with zero attached hydrogens (tertiary/aromatic N) is 2. The SMILES string of the molecule is CC(C)(F)CN1CCC(COc2ccc(-c3ccc(C(O)N4CCC[C@H]4CO)cc3F)cc2F)CC1. The molecule has 2 aromatic carbocycles. The van der Waals surface area contributed by atoms with Crippen LogP contribution < -0.4 is 4.74 Å². The summed E-state index contributed by atoms with van der Waals surface area (Å²) in [4.78, 5) is 3.88. The van der Waals surface area contributed by atoms with Crippen molar-refractivity contribution in [1.29, 1.82) is 0 Å². The molecular weight excluding hydrogens is 469 g/mol. The number of likely N-dealkylation sites (tertiary alicyclic amines) is 2. The van der Waals surface area contributed by atoms with Crippen LogP contribution in [0.4, 0.5) is 13.2 Å². The number of aliphatic hydroxyl groups excluding tert-OH is 2. The van der Waals surface area contributed by atoms with Gasteiger partial charge in [0.25, 0.3) is 0 Å². The van der Waals surface area contributed by atoms with Crippen LogP contribution in [0.5, 0.6) is 5.75 Å². The van der Waals surface area contributed by atoms with Crippen molar-refractivity contribution in [3.63, 3.8) is 0 Å². The van der Waals surface area contributed by atoms with E-state index in [4.69, 9.17) is 4.74 Å².